The molecular weight excluding hydrogens is 172 g/mol. The number of hydrogen-bond donors (Lipinski definition) is 4. The van der Waals surface area contributed by atoms with Crippen LogP contribution in [0.25, 0.3) is 0 Å². The first-order valence-electron chi connectivity index (χ1n) is 3.73. The monoisotopic (exact) mass is 186 g/mol. The lowest BCUT2D eigenvalue weighted by atomic mass is 10.5. The Balaban J connectivity index is 0.000000310. The molecule has 7 heteroatoms. The Morgan fingerprint density at radius 1 is 1.00 bits per heavy atom. The molecule has 1 aromatic rings. The van der Waals surface area contributed by atoms with Crippen molar-refractivity contribution in [1.82, 2.24) is 15.0 Å². The highest BCUT2D eigenvalue weighted by Crippen LogP contribution is 1.97. The van der Waals surface area contributed by atoms with Gasteiger partial charge in [0.1, 0.15) is 0 Å². The van der Waals surface area contributed by atoms with Crippen LogP contribution in [0, 0.1) is 0 Å². The fourth-order valence-electron chi connectivity index (χ4n) is 0.427. The Morgan fingerprint density at radius 3 is 1.38 bits per heavy atom. The SMILES string of the molecule is CCCO.Nc1nc(N)nc(N)n1. The van der Waals surface area contributed by atoms with Gasteiger partial charge in [0.2, 0.25) is 17.8 Å². The third-order valence-corrected chi connectivity index (χ3v) is 0.911. The number of hydrogen-bond acceptors (Lipinski definition) is 7. The zero-order valence-electron chi connectivity index (χ0n) is 7.44. The molecule has 1 aromatic heterocycles. The highest BCUT2D eigenvalue weighted by atomic mass is 16.2. The molecule has 0 aliphatic carbocycles. The largest absolute Gasteiger partial charge is 0.396 e. The zero-order chi connectivity index (χ0) is 10.3. The van der Waals surface area contributed by atoms with Crippen molar-refractivity contribution in [3.63, 3.8) is 0 Å². The maximum absolute atomic E-state index is 7.88. The normalized spacial score (nSPS) is 8.77. The first-order chi connectivity index (χ1) is 6.10. The molecule has 0 amide bonds. The Kier molecular flexibility index (Phi) is 5.20. The molecule has 0 aliphatic rings. The van der Waals surface area contributed by atoms with Crippen LogP contribution in [0.1, 0.15) is 13.3 Å². The number of aliphatic hydroxyl groups is 1. The molecule has 7 N–H and O–H groups in total. The van der Waals surface area contributed by atoms with Crippen molar-refractivity contribution in [2.45, 2.75) is 13.3 Å². The van der Waals surface area contributed by atoms with Crippen LogP contribution in [-0.4, -0.2) is 26.7 Å². The van der Waals surface area contributed by atoms with Crippen LogP contribution in [0.4, 0.5) is 17.8 Å². The molecule has 74 valence electrons. The lowest BCUT2D eigenvalue weighted by Crippen LogP contribution is -2.05. The van der Waals surface area contributed by atoms with Crippen molar-refractivity contribution in [2.24, 2.45) is 0 Å². The summed E-state index contributed by atoms with van der Waals surface area (Å²) in [4.78, 5) is 10.5. The maximum Gasteiger partial charge on any atom is 0.226 e. The van der Waals surface area contributed by atoms with Crippen molar-refractivity contribution in [3.05, 3.63) is 0 Å². The van der Waals surface area contributed by atoms with Gasteiger partial charge in [0.25, 0.3) is 0 Å². The number of nitrogens with zero attached hydrogens (tertiary/aromatic N) is 3. The second-order valence-corrected chi connectivity index (χ2v) is 2.13. The highest BCUT2D eigenvalue weighted by molar-refractivity contribution is 5.33. The molecule has 0 aliphatic heterocycles. The van der Waals surface area contributed by atoms with Crippen molar-refractivity contribution >= 4 is 17.8 Å². The van der Waals surface area contributed by atoms with E-state index in [1.165, 1.54) is 0 Å². The smallest absolute Gasteiger partial charge is 0.226 e. The van der Waals surface area contributed by atoms with Crippen molar-refractivity contribution in [2.75, 3.05) is 23.8 Å². The van der Waals surface area contributed by atoms with Gasteiger partial charge in [-0.25, -0.2) is 0 Å². The summed E-state index contributed by atoms with van der Waals surface area (Å²) < 4.78 is 0. The number of nitrogens with two attached hydrogens (primary N) is 3. The quantitative estimate of drug-likeness (QED) is 0.441. The third kappa shape index (κ3) is 5.62. The van der Waals surface area contributed by atoms with Crippen LogP contribution in [0.15, 0.2) is 0 Å². The summed E-state index contributed by atoms with van der Waals surface area (Å²) in [6.45, 7) is 2.25. The van der Waals surface area contributed by atoms with Crippen LogP contribution in [0.2, 0.25) is 0 Å². The first-order valence-corrected chi connectivity index (χ1v) is 3.73. The minimum absolute atomic E-state index is 0.0417. The summed E-state index contributed by atoms with van der Waals surface area (Å²) in [5.41, 5.74) is 15.4. The van der Waals surface area contributed by atoms with E-state index in [9.17, 15) is 0 Å². The maximum atomic E-state index is 7.88. The molecular formula is C6H14N6O. The lowest BCUT2D eigenvalue weighted by Gasteiger charge is -1.93. The molecule has 0 atom stereocenters. The van der Waals surface area contributed by atoms with E-state index >= 15 is 0 Å². The van der Waals surface area contributed by atoms with Gasteiger partial charge < -0.3 is 22.3 Å². The number of rotatable bonds is 1. The van der Waals surface area contributed by atoms with Gasteiger partial charge in [0.05, 0.1) is 0 Å². The molecule has 0 saturated carbocycles. The molecule has 1 heterocycles. The predicted octanol–water partition coefficient (Wildman–Crippen LogP) is -0.993. The third-order valence-electron chi connectivity index (χ3n) is 0.911. The van der Waals surface area contributed by atoms with Crippen molar-refractivity contribution in [1.29, 1.82) is 0 Å². The van der Waals surface area contributed by atoms with E-state index in [1.807, 2.05) is 6.92 Å². The fourth-order valence-corrected chi connectivity index (χ4v) is 0.427. The second-order valence-electron chi connectivity index (χ2n) is 2.13. The van der Waals surface area contributed by atoms with Crippen LogP contribution < -0.4 is 17.2 Å². The van der Waals surface area contributed by atoms with Crippen molar-refractivity contribution in [3.8, 4) is 0 Å². The predicted molar refractivity (Wildman–Crippen MR) is 50.4 cm³/mol. The molecule has 0 aromatic carbocycles. The summed E-state index contributed by atoms with van der Waals surface area (Å²) >= 11 is 0. The molecule has 0 radical (unpaired) electrons. The van der Waals surface area contributed by atoms with Gasteiger partial charge >= 0.3 is 0 Å². The summed E-state index contributed by atoms with van der Waals surface area (Å²) in [7, 11) is 0. The van der Waals surface area contributed by atoms with E-state index in [0.29, 0.717) is 6.61 Å². The number of anilines is 3. The van der Waals surface area contributed by atoms with Crippen LogP contribution in [0.3, 0.4) is 0 Å². The van der Waals surface area contributed by atoms with Gasteiger partial charge in [-0.15, -0.1) is 0 Å². The summed E-state index contributed by atoms with van der Waals surface area (Å²) in [5, 5.41) is 7.88. The minimum atomic E-state index is 0.0417. The van der Waals surface area contributed by atoms with Crippen LogP contribution >= 0.6 is 0 Å². The van der Waals surface area contributed by atoms with E-state index in [0.717, 1.165) is 6.42 Å². The minimum Gasteiger partial charge on any atom is -0.396 e. The molecule has 0 unspecified atom stereocenters. The second kappa shape index (κ2) is 5.95. The number of nitrogen functional groups attached to an aromatic ring is 3. The first kappa shape index (κ1) is 11.4. The molecule has 0 bridgehead atoms. The standard InChI is InChI=1S/C3H6N6.C3H8O/c4-1-7-2(5)9-3(6)8-1;1-2-3-4/h(H6,4,5,6,7,8,9);4H,2-3H2,1H3. The fraction of sp³-hybridized carbons (Fsp3) is 0.500. The van der Waals surface area contributed by atoms with Gasteiger partial charge in [-0.2, -0.15) is 15.0 Å². The summed E-state index contributed by atoms with van der Waals surface area (Å²) in [5.74, 6) is 0.125. The van der Waals surface area contributed by atoms with Crippen LogP contribution in [-0.2, 0) is 0 Å². The molecule has 0 spiro atoms. The zero-order valence-corrected chi connectivity index (χ0v) is 7.44. The summed E-state index contributed by atoms with van der Waals surface area (Å²) in [6, 6.07) is 0. The van der Waals surface area contributed by atoms with E-state index in [4.69, 9.17) is 22.3 Å². The Bertz CT molecular complexity index is 200. The Labute approximate surface area is 76.0 Å². The van der Waals surface area contributed by atoms with E-state index in [1.54, 1.807) is 0 Å². The molecule has 7 nitrogen and oxygen atoms in total. The number of aliphatic hydroxyl groups excluding tert-OH is 1. The van der Waals surface area contributed by atoms with E-state index < -0.39 is 0 Å². The van der Waals surface area contributed by atoms with Crippen LogP contribution in [0.5, 0.6) is 0 Å². The summed E-state index contributed by atoms with van der Waals surface area (Å²) in [6.07, 6.45) is 0.875. The van der Waals surface area contributed by atoms with Crippen molar-refractivity contribution < 1.29 is 5.11 Å². The molecule has 13 heavy (non-hydrogen) atoms. The average molecular weight is 186 g/mol. The number of aromatic nitrogens is 3. The molecule has 1 rings (SSSR count). The van der Waals surface area contributed by atoms with E-state index in [-0.39, 0.29) is 17.8 Å². The van der Waals surface area contributed by atoms with Gasteiger partial charge in [0, 0.05) is 6.61 Å². The Morgan fingerprint density at radius 2 is 1.23 bits per heavy atom. The van der Waals surface area contributed by atoms with Gasteiger partial charge in [-0.1, -0.05) is 6.92 Å². The highest BCUT2D eigenvalue weighted by Gasteiger charge is 1.93. The van der Waals surface area contributed by atoms with Gasteiger partial charge in [0.15, 0.2) is 0 Å². The topological polar surface area (TPSA) is 137 Å². The molecule has 0 fully saturated rings. The average Bonchev–Trinajstić information content (AvgIpc) is 2.02. The molecule has 0 saturated heterocycles. The van der Waals surface area contributed by atoms with Gasteiger partial charge in [-0.05, 0) is 6.42 Å². The van der Waals surface area contributed by atoms with E-state index in [2.05, 4.69) is 15.0 Å². The lowest BCUT2D eigenvalue weighted by molar-refractivity contribution is 0.295. The Hall–Kier alpha value is -1.63. The van der Waals surface area contributed by atoms with Gasteiger partial charge in [-0.3, -0.25) is 0 Å².